The highest BCUT2D eigenvalue weighted by atomic mass is 16.5. The van der Waals surface area contributed by atoms with Gasteiger partial charge in [-0.2, -0.15) is 0 Å². The highest BCUT2D eigenvalue weighted by molar-refractivity contribution is 5.98. The van der Waals surface area contributed by atoms with Gasteiger partial charge in [-0.05, 0) is 31.0 Å². The van der Waals surface area contributed by atoms with E-state index in [4.69, 9.17) is 15.2 Å². The number of esters is 1. The molecule has 10 heteroatoms. The Morgan fingerprint density at radius 3 is 2.97 bits per heavy atom. The molecule has 2 atom stereocenters. The number of aromatic nitrogens is 2. The highest BCUT2D eigenvalue weighted by Crippen LogP contribution is 2.32. The van der Waals surface area contributed by atoms with Gasteiger partial charge in [0.2, 0.25) is 11.9 Å². The van der Waals surface area contributed by atoms with E-state index in [2.05, 4.69) is 20.6 Å². The van der Waals surface area contributed by atoms with E-state index in [1.54, 1.807) is 31.3 Å². The molecule has 5 N–H and O–H groups in total. The number of amides is 2. The van der Waals surface area contributed by atoms with E-state index in [-0.39, 0.29) is 37.7 Å². The average Bonchev–Trinajstić information content (AvgIpc) is 3.19. The first kappa shape index (κ1) is 20.3. The lowest BCUT2D eigenvalue weighted by atomic mass is 10.0. The first-order valence-electron chi connectivity index (χ1n) is 9.28. The fourth-order valence-corrected chi connectivity index (χ4v) is 2.89. The Bertz CT molecular complexity index is 883. The number of fused-ring (bicyclic) bond motifs is 1. The number of hydrogen-bond acceptors (Lipinski definition) is 7. The van der Waals surface area contributed by atoms with Crippen molar-refractivity contribution in [1.29, 1.82) is 0 Å². The number of rotatable bonds is 8. The van der Waals surface area contributed by atoms with Crippen LogP contribution in [0.1, 0.15) is 25.3 Å². The summed E-state index contributed by atoms with van der Waals surface area (Å²) >= 11 is 0. The molecule has 1 aromatic heterocycles. The normalized spacial score (nSPS) is 16.2. The summed E-state index contributed by atoms with van der Waals surface area (Å²) in [6.07, 6.45) is 2.93. The quantitative estimate of drug-likeness (QED) is 0.481. The first-order valence-corrected chi connectivity index (χ1v) is 9.28. The van der Waals surface area contributed by atoms with Gasteiger partial charge in [-0.15, -0.1) is 0 Å². The molecule has 3 rings (SSSR count). The molecule has 1 aliphatic heterocycles. The smallest absolute Gasteiger partial charge is 0.323 e. The monoisotopic (exact) mass is 401 g/mol. The van der Waals surface area contributed by atoms with Crippen molar-refractivity contribution in [3.8, 4) is 5.75 Å². The van der Waals surface area contributed by atoms with E-state index >= 15 is 0 Å². The summed E-state index contributed by atoms with van der Waals surface area (Å²) in [7, 11) is 0. The third-order valence-corrected chi connectivity index (χ3v) is 4.30. The molecule has 0 radical (unpaired) electrons. The molecule has 154 valence electrons. The van der Waals surface area contributed by atoms with Crippen LogP contribution in [0.2, 0.25) is 0 Å². The number of hydrogen-bond donors (Lipinski definition) is 4. The van der Waals surface area contributed by atoms with E-state index in [1.165, 1.54) is 6.20 Å². The van der Waals surface area contributed by atoms with Crippen molar-refractivity contribution in [2.24, 2.45) is 5.73 Å². The summed E-state index contributed by atoms with van der Waals surface area (Å²) in [4.78, 5) is 42.6. The van der Waals surface area contributed by atoms with E-state index in [1.807, 2.05) is 0 Å². The fraction of sp³-hybridized carbons (Fsp3) is 0.368. The van der Waals surface area contributed by atoms with E-state index < -0.39 is 18.1 Å². The molecule has 0 fully saturated rings. The van der Waals surface area contributed by atoms with Crippen molar-refractivity contribution in [3.05, 3.63) is 36.2 Å². The molecule has 1 aromatic carbocycles. The van der Waals surface area contributed by atoms with Crippen LogP contribution in [0.3, 0.4) is 0 Å². The van der Waals surface area contributed by atoms with Crippen LogP contribution in [0.4, 0.5) is 11.6 Å². The third kappa shape index (κ3) is 5.32. The number of H-pyrrole nitrogens is 1. The summed E-state index contributed by atoms with van der Waals surface area (Å²) in [5, 5.41) is 5.37. The number of ether oxygens (including phenoxy) is 2. The molecule has 2 aromatic rings. The molecule has 2 amide bonds. The van der Waals surface area contributed by atoms with Crippen LogP contribution < -0.4 is 21.1 Å². The molecular weight excluding hydrogens is 378 g/mol. The van der Waals surface area contributed by atoms with Gasteiger partial charge in [-0.3, -0.25) is 19.7 Å². The summed E-state index contributed by atoms with van der Waals surface area (Å²) in [6.45, 7) is 1.98. The molecule has 0 spiro atoms. The lowest BCUT2D eigenvalue weighted by Crippen LogP contribution is -2.38. The number of carbonyl (C=O) groups is 3. The molecule has 0 saturated heterocycles. The maximum atomic E-state index is 12.3. The van der Waals surface area contributed by atoms with Gasteiger partial charge >= 0.3 is 5.97 Å². The lowest BCUT2D eigenvalue weighted by Gasteiger charge is -2.26. The Labute approximate surface area is 167 Å². The summed E-state index contributed by atoms with van der Waals surface area (Å²) in [6, 6.07) is 4.41. The third-order valence-electron chi connectivity index (χ3n) is 4.30. The summed E-state index contributed by atoms with van der Waals surface area (Å²) in [5.74, 6) is -0.239. The highest BCUT2D eigenvalue weighted by Gasteiger charge is 2.28. The molecule has 1 unspecified atom stereocenters. The summed E-state index contributed by atoms with van der Waals surface area (Å²) in [5.41, 5.74) is 7.11. The Kier molecular flexibility index (Phi) is 6.45. The molecule has 1 aliphatic rings. The molecule has 29 heavy (non-hydrogen) atoms. The zero-order chi connectivity index (χ0) is 20.8. The summed E-state index contributed by atoms with van der Waals surface area (Å²) < 4.78 is 10.6. The molecule has 0 saturated carbocycles. The van der Waals surface area contributed by atoms with Gasteiger partial charge in [0.15, 0.2) is 6.10 Å². The minimum Gasteiger partial charge on any atom is -0.478 e. The van der Waals surface area contributed by atoms with Crippen LogP contribution in [0.25, 0.3) is 0 Å². The maximum Gasteiger partial charge on any atom is 0.323 e. The lowest BCUT2D eigenvalue weighted by molar-refractivity contribution is -0.144. The van der Waals surface area contributed by atoms with Crippen LogP contribution >= 0.6 is 0 Å². The van der Waals surface area contributed by atoms with Gasteiger partial charge < -0.3 is 25.5 Å². The average molecular weight is 401 g/mol. The first-order chi connectivity index (χ1) is 14.0. The van der Waals surface area contributed by atoms with Crippen LogP contribution in [0.15, 0.2) is 30.6 Å². The van der Waals surface area contributed by atoms with Crippen molar-refractivity contribution in [1.82, 2.24) is 9.97 Å². The van der Waals surface area contributed by atoms with Crippen LogP contribution in [-0.4, -0.2) is 46.5 Å². The minimum absolute atomic E-state index is 0.0978. The Morgan fingerprint density at radius 1 is 1.41 bits per heavy atom. The van der Waals surface area contributed by atoms with Gasteiger partial charge in [0.05, 0.1) is 12.3 Å². The zero-order valence-electron chi connectivity index (χ0n) is 15.9. The minimum atomic E-state index is -0.784. The largest absolute Gasteiger partial charge is 0.478 e. The van der Waals surface area contributed by atoms with Crippen molar-refractivity contribution in [2.45, 2.75) is 38.3 Å². The van der Waals surface area contributed by atoms with Gasteiger partial charge in [0, 0.05) is 25.2 Å². The van der Waals surface area contributed by atoms with E-state index in [0.29, 0.717) is 17.4 Å². The standard InChI is InChI=1S/C19H23N5O5/c1-2-28-18(27)12(20)9-11-3-4-14-13(10-11)23-17(26)15(29-14)5-6-16(25)24-19-21-7-8-22-19/h3-4,7-8,10,12,15H,2,5-6,9,20H2,1H3,(H,23,26)(H2,21,22,24,25)/t12?,15-/m1/s1. The van der Waals surface area contributed by atoms with Gasteiger partial charge in [0.1, 0.15) is 11.8 Å². The molecular formula is C19H23N5O5. The number of anilines is 2. The molecule has 0 bridgehead atoms. The Balaban J connectivity index is 1.56. The van der Waals surface area contributed by atoms with Gasteiger partial charge in [-0.25, -0.2) is 4.98 Å². The van der Waals surface area contributed by atoms with Crippen molar-refractivity contribution >= 4 is 29.4 Å². The number of nitrogens with one attached hydrogen (secondary N) is 3. The molecule has 10 nitrogen and oxygen atoms in total. The predicted molar refractivity (Wildman–Crippen MR) is 104 cm³/mol. The topological polar surface area (TPSA) is 148 Å². The van der Waals surface area contributed by atoms with Crippen molar-refractivity contribution in [3.63, 3.8) is 0 Å². The SMILES string of the molecule is CCOC(=O)C(N)Cc1ccc2c(c1)NC(=O)[C@@H](CCC(=O)Nc1ncc[nH]1)O2. The van der Waals surface area contributed by atoms with E-state index in [9.17, 15) is 14.4 Å². The predicted octanol–water partition coefficient (Wildman–Crippen LogP) is 0.961. The number of nitrogens with two attached hydrogens (primary N) is 1. The second-order valence-corrected chi connectivity index (χ2v) is 6.51. The molecule has 0 aliphatic carbocycles. The number of imidazole rings is 1. The molecule has 2 heterocycles. The van der Waals surface area contributed by atoms with Crippen molar-refractivity contribution in [2.75, 3.05) is 17.2 Å². The maximum absolute atomic E-state index is 12.3. The number of nitrogens with zero attached hydrogens (tertiary/aromatic N) is 1. The zero-order valence-corrected chi connectivity index (χ0v) is 15.9. The second kappa shape index (κ2) is 9.20. The van der Waals surface area contributed by atoms with Gasteiger partial charge in [0.25, 0.3) is 5.91 Å². The van der Waals surface area contributed by atoms with Gasteiger partial charge in [-0.1, -0.05) is 6.07 Å². The fourth-order valence-electron chi connectivity index (χ4n) is 2.89. The van der Waals surface area contributed by atoms with Crippen LogP contribution in [0, 0.1) is 0 Å². The number of benzene rings is 1. The Hall–Kier alpha value is -3.40. The number of carbonyl (C=O) groups excluding carboxylic acids is 3. The second-order valence-electron chi connectivity index (χ2n) is 6.51. The van der Waals surface area contributed by atoms with E-state index in [0.717, 1.165) is 5.56 Å². The van der Waals surface area contributed by atoms with Crippen LogP contribution in [0.5, 0.6) is 5.75 Å². The van der Waals surface area contributed by atoms with Crippen molar-refractivity contribution < 1.29 is 23.9 Å². The number of aromatic amines is 1. The Morgan fingerprint density at radius 2 is 2.24 bits per heavy atom. The van der Waals surface area contributed by atoms with Crippen LogP contribution in [-0.2, 0) is 25.5 Å².